The fourth-order valence-corrected chi connectivity index (χ4v) is 5.18. The van der Waals surface area contributed by atoms with E-state index in [4.69, 9.17) is 0 Å². The average molecular weight is 381 g/mol. The molecule has 1 aliphatic heterocycles. The van der Waals surface area contributed by atoms with Crippen molar-refractivity contribution >= 4 is 26.0 Å². The highest BCUT2D eigenvalue weighted by Gasteiger charge is 2.29. The van der Waals surface area contributed by atoms with E-state index in [1.165, 1.54) is 38.4 Å². The average Bonchev–Trinajstić information content (AvgIpc) is 2.47. The minimum absolute atomic E-state index is 0.495. The molecule has 6 heteroatoms. The lowest BCUT2D eigenvalue weighted by Crippen LogP contribution is -2.46. The molecular weight excluding hydrogens is 352 g/mol. The molecule has 0 bridgehead atoms. The summed E-state index contributed by atoms with van der Waals surface area (Å²) in [5.74, 6) is 0.495. The molecule has 124 valence electrons. The molecule has 1 atom stereocenters. The van der Waals surface area contributed by atoms with Gasteiger partial charge in [-0.3, -0.25) is 4.90 Å². The zero-order chi connectivity index (χ0) is 15.3. The lowest BCUT2D eigenvalue weighted by molar-refractivity contribution is 0.120. The van der Waals surface area contributed by atoms with E-state index in [0.717, 1.165) is 31.3 Å². The van der Waals surface area contributed by atoms with Crippen LogP contribution in [-0.2, 0) is 10.0 Å². The molecule has 2 aliphatic rings. The minimum Gasteiger partial charge on any atom is -0.299 e. The van der Waals surface area contributed by atoms with Gasteiger partial charge in [-0.1, -0.05) is 35.2 Å². The van der Waals surface area contributed by atoms with Crippen molar-refractivity contribution in [1.29, 1.82) is 0 Å². The second kappa shape index (κ2) is 8.27. The summed E-state index contributed by atoms with van der Waals surface area (Å²) in [7, 11) is -3.03. The zero-order valence-electron chi connectivity index (χ0n) is 13.1. The standard InChI is InChI=1S/C15H29BrN2O2S/c1-21(19,20)18-10-5-6-14(13-18)12-17(11-9-16)15-7-3-2-4-8-15/h14-15H,2-13H2,1H3. The monoisotopic (exact) mass is 380 g/mol. The maximum absolute atomic E-state index is 11.7. The molecule has 0 aromatic carbocycles. The Morgan fingerprint density at radius 2 is 1.86 bits per heavy atom. The SMILES string of the molecule is CS(=O)(=O)N1CCCC(CN(CCBr)C2CCCCC2)C1. The third kappa shape index (κ3) is 5.48. The molecule has 0 radical (unpaired) electrons. The summed E-state index contributed by atoms with van der Waals surface area (Å²) >= 11 is 3.58. The molecule has 0 aromatic heterocycles. The van der Waals surface area contributed by atoms with Crippen molar-refractivity contribution in [3.63, 3.8) is 0 Å². The lowest BCUT2D eigenvalue weighted by atomic mass is 9.92. The highest BCUT2D eigenvalue weighted by Crippen LogP contribution is 2.26. The Hall–Kier alpha value is 0.350. The topological polar surface area (TPSA) is 40.6 Å². The lowest BCUT2D eigenvalue weighted by Gasteiger charge is -2.39. The summed E-state index contributed by atoms with van der Waals surface area (Å²) in [5.41, 5.74) is 0. The Bertz CT molecular complexity index is 410. The number of hydrogen-bond acceptors (Lipinski definition) is 3. The molecular formula is C15H29BrN2O2S. The number of halogens is 1. The van der Waals surface area contributed by atoms with Gasteiger partial charge in [0, 0.05) is 37.6 Å². The predicted octanol–water partition coefficient (Wildman–Crippen LogP) is 2.69. The second-order valence-corrected chi connectivity index (χ2v) is 9.38. The van der Waals surface area contributed by atoms with Crippen LogP contribution in [0.2, 0.25) is 0 Å². The number of alkyl halides is 1. The van der Waals surface area contributed by atoms with Crippen molar-refractivity contribution < 1.29 is 8.42 Å². The summed E-state index contributed by atoms with van der Waals surface area (Å²) in [6, 6.07) is 0.713. The Labute approximate surface area is 138 Å². The van der Waals surface area contributed by atoms with Crippen LogP contribution in [0.15, 0.2) is 0 Å². The van der Waals surface area contributed by atoms with Crippen LogP contribution in [0.5, 0.6) is 0 Å². The molecule has 4 nitrogen and oxygen atoms in total. The van der Waals surface area contributed by atoms with Gasteiger partial charge >= 0.3 is 0 Å². The van der Waals surface area contributed by atoms with Gasteiger partial charge in [0.2, 0.25) is 10.0 Å². The van der Waals surface area contributed by atoms with Gasteiger partial charge in [0.15, 0.2) is 0 Å². The number of rotatable bonds is 6. The van der Waals surface area contributed by atoms with E-state index in [0.29, 0.717) is 25.0 Å². The van der Waals surface area contributed by atoms with Gasteiger partial charge in [0.05, 0.1) is 6.26 Å². The fourth-order valence-electron chi connectivity index (χ4n) is 3.79. The largest absolute Gasteiger partial charge is 0.299 e. The molecule has 2 fully saturated rings. The first-order chi connectivity index (χ1) is 10.0. The number of nitrogens with zero attached hydrogens (tertiary/aromatic N) is 2. The normalized spacial score (nSPS) is 26.3. The van der Waals surface area contributed by atoms with E-state index in [2.05, 4.69) is 20.8 Å². The second-order valence-electron chi connectivity index (χ2n) is 6.61. The molecule has 0 amide bonds. The number of hydrogen-bond donors (Lipinski definition) is 0. The van der Waals surface area contributed by atoms with Crippen molar-refractivity contribution in [2.45, 2.75) is 51.0 Å². The summed E-state index contributed by atoms with van der Waals surface area (Å²) in [6.45, 7) is 3.56. The Morgan fingerprint density at radius 1 is 1.14 bits per heavy atom. The fraction of sp³-hybridized carbons (Fsp3) is 1.00. The van der Waals surface area contributed by atoms with Crippen LogP contribution >= 0.6 is 15.9 Å². The molecule has 1 saturated heterocycles. The van der Waals surface area contributed by atoms with E-state index < -0.39 is 10.0 Å². The van der Waals surface area contributed by atoms with Gasteiger partial charge in [-0.25, -0.2) is 12.7 Å². The molecule has 0 N–H and O–H groups in total. The highest BCUT2D eigenvalue weighted by atomic mass is 79.9. The van der Waals surface area contributed by atoms with Crippen molar-refractivity contribution in [3.8, 4) is 0 Å². The first-order valence-corrected chi connectivity index (χ1v) is 11.2. The Balaban J connectivity index is 1.92. The summed E-state index contributed by atoms with van der Waals surface area (Å²) in [4.78, 5) is 2.62. The number of sulfonamides is 1. The van der Waals surface area contributed by atoms with Crippen LogP contribution in [0.3, 0.4) is 0 Å². The van der Waals surface area contributed by atoms with Crippen LogP contribution in [0.1, 0.15) is 44.9 Å². The van der Waals surface area contributed by atoms with Crippen molar-refractivity contribution in [3.05, 3.63) is 0 Å². The molecule has 1 aliphatic carbocycles. The molecule has 21 heavy (non-hydrogen) atoms. The molecule has 1 saturated carbocycles. The van der Waals surface area contributed by atoms with Crippen molar-refractivity contribution in [2.24, 2.45) is 5.92 Å². The van der Waals surface area contributed by atoms with Gasteiger partial charge in [-0.05, 0) is 31.6 Å². The van der Waals surface area contributed by atoms with Crippen molar-refractivity contribution in [1.82, 2.24) is 9.21 Å². The molecule has 0 aromatic rings. The van der Waals surface area contributed by atoms with Crippen molar-refractivity contribution in [2.75, 3.05) is 37.8 Å². The third-order valence-electron chi connectivity index (χ3n) is 4.91. The highest BCUT2D eigenvalue weighted by molar-refractivity contribution is 9.09. The Kier molecular flexibility index (Phi) is 6.97. The van der Waals surface area contributed by atoms with E-state index in [-0.39, 0.29) is 0 Å². The van der Waals surface area contributed by atoms with Crippen LogP contribution in [0.4, 0.5) is 0 Å². The maximum atomic E-state index is 11.7. The maximum Gasteiger partial charge on any atom is 0.211 e. The van der Waals surface area contributed by atoms with E-state index in [9.17, 15) is 8.42 Å². The molecule has 0 spiro atoms. The van der Waals surface area contributed by atoms with Gasteiger partial charge in [-0.15, -0.1) is 0 Å². The Morgan fingerprint density at radius 3 is 2.48 bits per heavy atom. The van der Waals surface area contributed by atoms with E-state index >= 15 is 0 Å². The van der Waals surface area contributed by atoms with E-state index in [1.54, 1.807) is 4.31 Å². The van der Waals surface area contributed by atoms with Gasteiger partial charge < -0.3 is 0 Å². The smallest absolute Gasteiger partial charge is 0.211 e. The molecule has 1 heterocycles. The molecule has 2 rings (SSSR count). The third-order valence-corrected chi connectivity index (χ3v) is 6.53. The van der Waals surface area contributed by atoms with Gasteiger partial charge in [0.25, 0.3) is 0 Å². The van der Waals surface area contributed by atoms with Crippen LogP contribution < -0.4 is 0 Å². The quantitative estimate of drug-likeness (QED) is 0.665. The van der Waals surface area contributed by atoms with Gasteiger partial charge in [0.1, 0.15) is 0 Å². The van der Waals surface area contributed by atoms with Crippen LogP contribution in [-0.4, -0.2) is 61.4 Å². The first-order valence-electron chi connectivity index (χ1n) is 8.26. The molecule has 1 unspecified atom stereocenters. The van der Waals surface area contributed by atoms with Crippen LogP contribution in [0, 0.1) is 5.92 Å². The summed E-state index contributed by atoms with van der Waals surface area (Å²) in [6.07, 6.45) is 10.2. The van der Waals surface area contributed by atoms with Gasteiger partial charge in [-0.2, -0.15) is 0 Å². The summed E-state index contributed by atoms with van der Waals surface area (Å²) < 4.78 is 25.2. The zero-order valence-corrected chi connectivity index (χ0v) is 15.5. The summed E-state index contributed by atoms with van der Waals surface area (Å²) in [5, 5.41) is 1.01. The first kappa shape index (κ1) is 17.7. The predicted molar refractivity (Wildman–Crippen MR) is 91.4 cm³/mol. The minimum atomic E-state index is -3.03. The van der Waals surface area contributed by atoms with Crippen LogP contribution in [0.25, 0.3) is 0 Å². The number of piperidine rings is 1. The van der Waals surface area contributed by atoms with E-state index in [1.807, 2.05) is 0 Å².